The number of hydrogen-bond acceptors (Lipinski definition) is 6. The summed E-state index contributed by atoms with van der Waals surface area (Å²) < 4.78 is 22.2. The molecule has 1 fully saturated rings. The Balaban J connectivity index is 0.000000140. The van der Waals surface area contributed by atoms with Gasteiger partial charge in [0, 0.05) is 51.4 Å². The van der Waals surface area contributed by atoms with Crippen molar-refractivity contribution in [3.05, 3.63) is 459 Å². The second-order valence-electron chi connectivity index (χ2n) is 29.2. The van der Waals surface area contributed by atoms with E-state index in [4.69, 9.17) is 9.84 Å². The van der Waals surface area contributed by atoms with Gasteiger partial charge in [-0.1, -0.05) is 400 Å². The van der Waals surface area contributed by atoms with Crippen LogP contribution >= 0.6 is 31.7 Å². The number of nitrogens with zero attached hydrogens (tertiary/aromatic N) is 3. The number of aliphatic hydroxyl groups excluding tert-OH is 1. The Morgan fingerprint density at radius 1 is 0.377 bits per heavy atom. The van der Waals surface area contributed by atoms with E-state index in [9.17, 15) is 14.0 Å². The number of benzene rings is 14. The third-order valence-electron chi connectivity index (χ3n) is 20.7. The number of amides is 2. The molecule has 16 aromatic rings. The van der Waals surface area contributed by atoms with Crippen molar-refractivity contribution >= 4 is 107 Å². The van der Waals surface area contributed by atoms with Crippen molar-refractivity contribution in [3.8, 4) is 22.8 Å². The standard InChI is InChI=1S/C35H38FN5O4.4C18H15P.Pd/c36-26-20-31(35(37-22-26)45-30-8-3-6-25(19-30)24-11-9-23(10-12-24)5-4-18-42)33(43)38-27-13-15-28(16-14-27)39-34(44)32-21-29-7-1-2-17-41(29)40-32;4*1-4-10-16(11-5-1)19(17-12-6-2-7-13-17)18-14-8-3-9-15-18;/h3,6,8-12,19-22,27-28,42H,1-2,4-5,7,13-18H2,(H,38,43)(H,39,44);4*1-15H;/t27-,28-;;;;;. The van der Waals surface area contributed by atoms with Crippen molar-refractivity contribution in [1.82, 2.24) is 25.4 Å². The Morgan fingerprint density at radius 2 is 0.697 bits per heavy atom. The molecule has 3 N–H and O–H groups in total. The minimum absolute atomic E-state index is 0. The molecular formula is C107H98FN5O4P4Pd. The van der Waals surface area contributed by atoms with Crippen LogP contribution < -0.4 is 79.0 Å². The molecule has 18 rings (SSSR count). The van der Waals surface area contributed by atoms with Crippen LogP contribution in [-0.4, -0.2) is 50.4 Å². The molecule has 1 aliphatic carbocycles. The third kappa shape index (κ3) is 25.3. The average Bonchev–Trinajstić information content (AvgIpc) is 1.83. The maximum absolute atomic E-state index is 14.2. The minimum atomic E-state index is -0.630. The number of carbonyl (C=O) groups is 2. The Morgan fingerprint density at radius 3 is 1.01 bits per heavy atom. The van der Waals surface area contributed by atoms with Crippen molar-refractivity contribution < 1.29 is 44.2 Å². The summed E-state index contributed by atoms with van der Waals surface area (Å²) in [5, 5.41) is 36.4. The van der Waals surface area contributed by atoms with Gasteiger partial charge in [-0.25, -0.2) is 9.37 Å². The minimum Gasteiger partial charge on any atom is -0.438 e. The van der Waals surface area contributed by atoms with Crippen LogP contribution in [0.2, 0.25) is 0 Å². The molecule has 1 aliphatic heterocycles. The van der Waals surface area contributed by atoms with Crippen LogP contribution in [0.5, 0.6) is 11.6 Å². The van der Waals surface area contributed by atoms with Crippen molar-refractivity contribution in [2.75, 3.05) is 6.61 Å². The van der Waals surface area contributed by atoms with Crippen molar-refractivity contribution in [1.29, 1.82) is 0 Å². The molecule has 3 heterocycles. The molecule has 0 atom stereocenters. The SMILES string of the molecule is O=C(N[C@H]1CC[C@H](NC(=O)c2cc(F)cnc2Oc2cccc(-c3ccc(CCCO)cc3)c2)CC1)c1cc2n(n1)CCCC2.[Pd].c1ccc(P(c2ccccc2)c2ccccc2)cc1.c1ccc(P(c2ccccc2)c2ccccc2)cc1.c1ccc(P(c2ccccc2)c2ccccc2)cc1.c1ccc(P(c2ccccc2)c2ccccc2)cc1. The van der Waals surface area contributed by atoms with E-state index in [1.165, 1.54) is 63.7 Å². The van der Waals surface area contributed by atoms with Crippen LogP contribution in [0.15, 0.2) is 431 Å². The van der Waals surface area contributed by atoms with Crippen LogP contribution in [0, 0.1) is 5.82 Å². The zero-order chi connectivity index (χ0) is 82.8. The smallest absolute Gasteiger partial charge is 0.272 e. The van der Waals surface area contributed by atoms with Gasteiger partial charge >= 0.3 is 0 Å². The number of aliphatic hydroxyl groups is 1. The molecule has 1 saturated carbocycles. The molecule has 0 bridgehead atoms. The Bertz CT molecular complexity index is 4880. The number of fused-ring (bicyclic) bond motifs is 1. The molecule has 0 spiro atoms. The van der Waals surface area contributed by atoms with Crippen molar-refractivity contribution in [2.45, 2.75) is 76.4 Å². The number of hydrogen-bond donors (Lipinski definition) is 3. The Hall–Kier alpha value is -11.5. The van der Waals surface area contributed by atoms with Crippen LogP contribution in [0.1, 0.15) is 77.0 Å². The first-order valence-corrected chi connectivity index (χ1v) is 46.7. The van der Waals surface area contributed by atoms with Gasteiger partial charge in [0.05, 0.1) is 6.20 Å². The van der Waals surface area contributed by atoms with Gasteiger partial charge in [0.1, 0.15) is 22.8 Å². The number of ether oxygens (including phenoxy) is 1. The second-order valence-corrected chi connectivity index (χ2v) is 38.1. The van der Waals surface area contributed by atoms with E-state index >= 15 is 0 Å². The number of nitrogens with one attached hydrogen (secondary N) is 2. The van der Waals surface area contributed by atoms with Gasteiger partial charge in [-0.05, 0) is 194 Å². The normalized spacial score (nSPS) is 13.1. The molecule has 2 amide bonds. The fraction of sp³-hybridized carbons (Fsp3) is 0.121. The predicted octanol–water partition coefficient (Wildman–Crippen LogP) is 19.4. The summed E-state index contributed by atoms with van der Waals surface area (Å²) in [7, 11) is -1.78. The summed E-state index contributed by atoms with van der Waals surface area (Å²) in [5.41, 5.74) is 4.66. The summed E-state index contributed by atoms with van der Waals surface area (Å²) in [6, 6.07) is 148. The van der Waals surface area contributed by atoms with Crippen molar-refractivity contribution in [2.24, 2.45) is 0 Å². The molecule has 122 heavy (non-hydrogen) atoms. The van der Waals surface area contributed by atoms with Gasteiger partial charge in [0.25, 0.3) is 11.8 Å². The Labute approximate surface area is 736 Å². The van der Waals surface area contributed by atoms with E-state index in [0.717, 1.165) is 73.3 Å². The molecule has 612 valence electrons. The van der Waals surface area contributed by atoms with Gasteiger partial charge < -0.3 is 20.5 Å². The van der Waals surface area contributed by atoms with E-state index in [-0.39, 0.29) is 56.5 Å². The van der Waals surface area contributed by atoms with Crippen molar-refractivity contribution in [3.63, 3.8) is 0 Å². The quantitative estimate of drug-likeness (QED) is 0.0460. The summed E-state index contributed by atoms with van der Waals surface area (Å²) in [5.74, 6) is -0.747. The molecule has 0 unspecified atom stereocenters. The fourth-order valence-corrected chi connectivity index (χ4v) is 24.0. The van der Waals surface area contributed by atoms with E-state index < -0.39 is 43.4 Å². The van der Waals surface area contributed by atoms with Crippen LogP contribution in [0.4, 0.5) is 4.39 Å². The molecule has 0 saturated heterocycles. The number of carbonyl (C=O) groups excluding carboxylic acids is 2. The van der Waals surface area contributed by atoms with E-state index in [0.29, 0.717) is 37.1 Å². The maximum atomic E-state index is 14.2. The van der Waals surface area contributed by atoms with Crippen LogP contribution in [-0.2, 0) is 39.8 Å². The molecule has 0 radical (unpaired) electrons. The monoisotopic (exact) mass is 1770 g/mol. The number of pyridine rings is 1. The number of aryl methyl sites for hydroxylation is 3. The maximum Gasteiger partial charge on any atom is 0.272 e. The number of aromatic nitrogens is 3. The topological polar surface area (TPSA) is 118 Å². The molecule has 2 aliphatic rings. The fourth-order valence-electron chi connectivity index (χ4n) is 14.8. The molecule has 2 aromatic heterocycles. The summed E-state index contributed by atoms with van der Waals surface area (Å²) >= 11 is 0. The van der Waals surface area contributed by atoms with E-state index in [1.807, 2.05) is 53.2 Å². The molecule has 15 heteroatoms. The summed E-state index contributed by atoms with van der Waals surface area (Å²) in [4.78, 5) is 30.2. The van der Waals surface area contributed by atoms with E-state index in [2.05, 4.69) is 385 Å². The zero-order valence-corrected chi connectivity index (χ0v) is 73.1. The number of rotatable bonds is 22. The van der Waals surface area contributed by atoms with E-state index in [1.54, 1.807) is 6.07 Å². The first-order chi connectivity index (χ1) is 59.7. The van der Waals surface area contributed by atoms with Gasteiger partial charge in [0.2, 0.25) is 5.88 Å². The number of halogens is 1. The van der Waals surface area contributed by atoms with Gasteiger partial charge in [-0.3, -0.25) is 14.3 Å². The summed E-state index contributed by atoms with van der Waals surface area (Å²) in [6.45, 7) is 1.02. The second kappa shape index (κ2) is 47.0. The molecule has 14 aromatic carbocycles. The first kappa shape index (κ1) is 88.2. The predicted molar refractivity (Wildman–Crippen MR) is 508 cm³/mol. The van der Waals surface area contributed by atoms with Crippen LogP contribution in [0.25, 0.3) is 11.1 Å². The van der Waals surface area contributed by atoms with Gasteiger partial charge in [0.15, 0.2) is 0 Å². The molecule has 9 nitrogen and oxygen atoms in total. The largest absolute Gasteiger partial charge is 0.438 e. The zero-order valence-electron chi connectivity index (χ0n) is 67.9. The van der Waals surface area contributed by atoms with Gasteiger partial charge in [-0.15, -0.1) is 0 Å². The molecular weight excluding hydrogens is 1670 g/mol. The average molecular weight is 1770 g/mol. The Kier molecular flexibility index (Phi) is 34.0. The summed E-state index contributed by atoms with van der Waals surface area (Å²) in [6.07, 6.45) is 8.50. The van der Waals surface area contributed by atoms with Crippen LogP contribution in [0.3, 0.4) is 0 Å². The first-order valence-electron chi connectivity index (χ1n) is 41.4. The third-order valence-corrected chi connectivity index (χ3v) is 30.5. The van der Waals surface area contributed by atoms with Gasteiger partial charge in [-0.2, -0.15) is 5.10 Å².